The Morgan fingerprint density at radius 3 is 2.79 bits per heavy atom. The Balaban J connectivity index is 1.79. The van der Waals surface area contributed by atoms with Gasteiger partial charge >= 0.3 is 0 Å². The van der Waals surface area contributed by atoms with Crippen LogP contribution >= 0.6 is 0 Å². The van der Waals surface area contributed by atoms with Crippen molar-refractivity contribution < 1.29 is 0 Å². The van der Waals surface area contributed by atoms with E-state index >= 15 is 0 Å². The van der Waals surface area contributed by atoms with Crippen molar-refractivity contribution in [3.8, 4) is 0 Å². The molecule has 0 aliphatic rings. The molecule has 2 rings (SSSR count). The molecule has 0 spiro atoms. The maximum Gasteiger partial charge on any atom is 0.106 e. The van der Waals surface area contributed by atoms with Crippen molar-refractivity contribution in [2.45, 2.75) is 12.8 Å². The predicted molar refractivity (Wildman–Crippen MR) is 56.8 cm³/mol. The van der Waals surface area contributed by atoms with Crippen molar-refractivity contribution in [1.82, 2.24) is 9.97 Å². The number of hydrogen-bond acceptors (Lipinski definition) is 1. The first-order valence-corrected chi connectivity index (χ1v) is 4.81. The molecule has 1 heterocycles. The Bertz CT molecular complexity index is 351. The molecule has 0 aliphatic heterocycles. The third kappa shape index (κ3) is 2.46. The van der Waals surface area contributed by atoms with Gasteiger partial charge in [0.15, 0.2) is 0 Å². The van der Waals surface area contributed by atoms with E-state index in [-0.39, 0.29) is 0 Å². The van der Waals surface area contributed by atoms with Crippen molar-refractivity contribution >= 4 is 0 Å². The van der Waals surface area contributed by atoms with Crippen LogP contribution in [0.1, 0.15) is 17.8 Å². The highest BCUT2D eigenvalue weighted by Crippen LogP contribution is 2.07. The van der Waals surface area contributed by atoms with Gasteiger partial charge in [0.05, 0.1) is 0 Å². The molecule has 0 unspecified atom stereocenters. The van der Waals surface area contributed by atoms with E-state index in [9.17, 15) is 0 Å². The second-order valence-electron chi connectivity index (χ2n) is 3.19. The highest BCUT2D eigenvalue weighted by molar-refractivity contribution is 5.22. The predicted octanol–water partition coefficient (Wildman–Crippen LogP) is 2.59. The molecule has 0 bridgehead atoms. The Kier molecular flexibility index (Phi) is 2.96. The molecule has 14 heavy (non-hydrogen) atoms. The summed E-state index contributed by atoms with van der Waals surface area (Å²) in [6.07, 6.45) is 7.87. The van der Waals surface area contributed by atoms with Gasteiger partial charge in [0.1, 0.15) is 5.82 Å². The van der Waals surface area contributed by atoms with Crippen LogP contribution in [0.15, 0.2) is 42.7 Å². The Labute approximate surface area is 84.0 Å². The van der Waals surface area contributed by atoms with Gasteiger partial charge in [-0.05, 0) is 18.4 Å². The number of aromatic nitrogens is 2. The van der Waals surface area contributed by atoms with E-state index in [1.54, 1.807) is 6.20 Å². The topological polar surface area (TPSA) is 28.7 Å². The summed E-state index contributed by atoms with van der Waals surface area (Å²) in [6, 6.07) is 10.4. The van der Waals surface area contributed by atoms with E-state index < -0.39 is 0 Å². The molecule has 1 aromatic carbocycles. The minimum atomic E-state index is 0.974. The third-order valence-electron chi connectivity index (χ3n) is 2.12. The lowest BCUT2D eigenvalue weighted by molar-refractivity contribution is 0.878. The van der Waals surface area contributed by atoms with E-state index in [0.717, 1.165) is 18.7 Å². The molecular formula is C12H13N2. The third-order valence-corrected chi connectivity index (χ3v) is 2.12. The van der Waals surface area contributed by atoms with Crippen LogP contribution in [0, 0.1) is 6.42 Å². The number of aryl methyl sites for hydroxylation is 1. The molecule has 1 N–H and O–H groups in total. The smallest absolute Gasteiger partial charge is 0.106 e. The van der Waals surface area contributed by atoms with Gasteiger partial charge in [-0.2, -0.15) is 0 Å². The van der Waals surface area contributed by atoms with E-state index in [1.165, 1.54) is 5.56 Å². The maximum atomic E-state index is 4.17. The highest BCUT2D eigenvalue weighted by atomic mass is 14.9. The van der Waals surface area contributed by atoms with E-state index in [1.807, 2.05) is 12.3 Å². The fourth-order valence-electron chi connectivity index (χ4n) is 1.40. The molecular weight excluding hydrogens is 172 g/mol. The number of hydrogen-bond donors (Lipinski definition) is 1. The Morgan fingerprint density at radius 2 is 2.07 bits per heavy atom. The summed E-state index contributed by atoms with van der Waals surface area (Å²) < 4.78 is 0. The SMILES string of the molecule is [CH](CCc1ncc[nH]1)c1ccccc1. The molecule has 1 aromatic heterocycles. The van der Waals surface area contributed by atoms with E-state index in [0.29, 0.717) is 0 Å². The molecule has 71 valence electrons. The number of aromatic amines is 1. The zero-order valence-corrected chi connectivity index (χ0v) is 7.98. The molecule has 0 amide bonds. The first-order valence-electron chi connectivity index (χ1n) is 4.81. The van der Waals surface area contributed by atoms with Gasteiger partial charge < -0.3 is 4.98 Å². The number of nitrogens with one attached hydrogen (secondary N) is 1. The average molecular weight is 185 g/mol. The normalized spacial score (nSPS) is 10.3. The van der Waals surface area contributed by atoms with Crippen LogP contribution in [-0.4, -0.2) is 9.97 Å². The van der Waals surface area contributed by atoms with Gasteiger partial charge in [0.2, 0.25) is 0 Å². The largest absolute Gasteiger partial charge is 0.349 e. The summed E-state index contributed by atoms with van der Waals surface area (Å²) in [6.45, 7) is 0. The maximum absolute atomic E-state index is 4.17. The second-order valence-corrected chi connectivity index (χ2v) is 3.19. The lowest BCUT2D eigenvalue weighted by Crippen LogP contribution is -1.89. The van der Waals surface area contributed by atoms with Crippen LogP contribution < -0.4 is 0 Å². The Morgan fingerprint density at radius 1 is 1.21 bits per heavy atom. The fraction of sp³-hybridized carbons (Fsp3) is 0.167. The van der Waals surface area contributed by atoms with Gasteiger partial charge in [-0.15, -0.1) is 0 Å². The van der Waals surface area contributed by atoms with Gasteiger partial charge in [-0.25, -0.2) is 4.98 Å². The molecule has 0 aliphatic carbocycles. The molecule has 1 radical (unpaired) electrons. The lowest BCUT2D eigenvalue weighted by Gasteiger charge is -1.98. The van der Waals surface area contributed by atoms with Crippen molar-refractivity contribution in [1.29, 1.82) is 0 Å². The first-order chi connectivity index (χ1) is 6.95. The Hall–Kier alpha value is -1.57. The number of imidazole rings is 1. The average Bonchev–Trinajstić information content (AvgIpc) is 2.72. The molecule has 0 saturated heterocycles. The van der Waals surface area contributed by atoms with Crippen LogP contribution in [0.25, 0.3) is 0 Å². The molecule has 2 nitrogen and oxygen atoms in total. The van der Waals surface area contributed by atoms with Gasteiger partial charge in [0.25, 0.3) is 0 Å². The number of nitrogens with zero attached hydrogens (tertiary/aromatic N) is 1. The van der Waals surface area contributed by atoms with Crippen LogP contribution in [-0.2, 0) is 6.42 Å². The van der Waals surface area contributed by atoms with Gasteiger partial charge in [-0.3, -0.25) is 0 Å². The summed E-state index contributed by atoms with van der Waals surface area (Å²) in [5, 5.41) is 0. The minimum Gasteiger partial charge on any atom is -0.349 e. The number of rotatable bonds is 4. The van der Waals surface area contributed by atoms with Crippen LogP contribution in [0.2, 0.25) is 0 Å². The van der Waals surface area contributed by atoms with Crippen molar-refractivity contribution in [2.24, 2.45) is 0 Å². The number of H-pyrrole nitrogens is 1. The summed E-state index contributed by atoms with van der Waals surface area (Å²) in [7, 11) is 0. The second kappa shape index (κ2) is 4.61. The van der Waals surface area contributed by atoms with Crippen LogP contribution in [0.5, 0.6) is 0 Å². The van der Waals surface area contributed by atoms with Gasteiger partial charge in [-0.1, -0.05) is 30.3 Å². The van der Waals surface area contributed by atoms with Crippen LogP contribution in [0.4, 0.5) is 0 Å². The quantitative estimate of drug-likeness (QED) is 0.779. The lowest BCUT2D eigenvalue weighted by atomic mass is 10.1. The number of benzene rings is 1. The molecule has 0 saturated carbocycles. The van der Waals surface area contributed by atoms with Gasteiger partial charge in [0, 0.05) is 18.8 Å². The zero-order chi connectivity index (χ0) is 9.64. The van der Waals surface area contributed by atoms with E-state index in [2.05, 4.69) is 40.7 Å². The fourth-order valence-corrected chi connectivity index (χ4v) is 1.40. The molecule has 0 atom stereocenters. The van der Waals surface area contributed by atoms with Crippen molar-refractivity contribution in [3.63, 3.8) is 0 Å². The zero-order valence-electron chi connectivity index (χ0n) is 7.98. The molecule has 2 aromatic rings. The van der Waals surface area contributed by atoms with Crippen LogP contribution in [0.3, 0.4) is 0 Å². The summed E-state index contributed by atoms with van der Waals surface area (Å²) in [4.78, 5) is 7.26. The van der Waals surface area contributed by atoms with E-state index in [4.69, 9.17) is 0 Å². The summed E-state index contributed by atoms with van der Waals surface area (Å²) in [5.74, 6) is 1.05. The molecule has 2 heteroatoms. The van der Waals surface area contributed by atoms with Crippen molar-refractivity contribution in [2.75, 3.05) is 0 Å². The first kappa shape index (κ1) is 9.00. The standard InChI is InChI=1S/C12H13N2/c1-2-5-11(6-3-1)7-4-8-12-13-9-10-14-12/h1-3,5-7,9-10H,4,8H2,(H,13,14). The summed E-state index contributed by atoms with van der Waals surface area (Å²) >= 11 is 0. The monoisotopic (exact) mass is 185 g/mol. The highest BCUT2D eigenvalue weighted by Gasteiger charge is 1.96. The van der Waals surface area contributed by atoms with Crippen molar-refractivity contribution in [3.05, 3.63) is 60.5 Å². The summed E-state index contributed by atoms with van der Waals surface area (Å²) in [5.41, 5.74) is 1.28. The molecule has 0 fully saturated rings. The minimum absolute atomic E-state index is 0.974.